The Labute approximate surface area is 66.7 Å². The Morgan fingerprint density at radius 1 is 1.36 bits per heavy atom. The van der Waals surface area contributed by atoms with Crippen LogP contribution in [0.5, 0.6) is 0 Å². The van der Waals surface area contributed by atoms with Crippen molar-refractivity contribution in [3.8, 4) is 0 Å². The lowest BCUT2D eigenvalue weighted by molar-refractivity contribution is -0.154. The summed E-state index contributed by atoms with van der Waals surface area (Å²) in [6.07, 6.45) is -0.788. The number of carbonyl (C=O) groups is 1. The van der Waals surface area contributed by atoms with E-state index in [9.17, 15) is 4.79 Å². The number of cyclic esters (lactones) is 1. The predicted molar refractivity (Wildman–Crippen MR) is 39.9 cm³/mol. The topological polar surface area (TPSA) is 35.5 Å². The van der Waals surface area contributed by atoms with Gasteiger partial charge in [0.25, 0.3) is 0 Å². The van der Waals surface area contributed by atoms with E-state index in [-0.39, 0.29) is 17.7 Å². The second-order valence-electron chi connectivity index (χ2n) is 3.91. The molecule has 0 spiro atoms. The normalized spacial score (nSPS) is 32.2. The fourth-order valence-electron chi connectivity index (χ4n) is 0.851. The van der Waals surface area contributed by atoms with Crippen LogP contribution in [-0.2, 0) is 14.3 Å². The van der Waals surface area contributed by atoms with E-state index in [1.54, 1.807) is 6.92 Å². The third kappa shape index (κ3) is 1.71. The summed E-state index contributed by atoms with van der Waals surface area (Å²) >= 11 is 0. The molecule has 1 rings (SSSR count). The van der Waals surface area contributed by atoms with Crippen molar-refractivity contribution in [3.63, 3.8) is 0 Å². The zero-order valence-electron chi connectivity index (χ0n) is 7.38. The lowest BCUT2D eigenvalue weighted by Crippen LogP contribution is -2.27. The van der Waals surface area contributed by atoms with Crippen LogP contribution in [0.25, 0.3) is 0 Å². The molecule has 1 saturated heterocycles. The minimum absolute atomic E-state index is 0.125. The summed E-state index contributed by atoms with van der Waals surface area (Å²) in [6, 6.07) is 0. The van der Waals surface area contributed by atoms with Gasteiger partial charge >= 0.3 is 5.97 Å². The summed E-state index contributed by atoms with van der Waals surface area (Å²) in [4.78, 5) is 10.9. The van der Waals surface area contributed by atoms with Gasteiger partial charge in [0, 0.05) is 5.41 Å². The molecule has 1 aliphatic rings. The van der Waals surface area contributed by atoms with Crippen molar-refractivity contribution in [2.45, 2.75) is 40.1 Å². The monoisotopic (exact) mass is 158 g/mol. The third-order valence-electron chi connectivity index (χ3n) is 1.59. The summed E-state index contributed by atoms with van der Waals surface area (Å²) in [7, 11) is 0. The Morgan fingerprint density at radius 3 is 2.09 bits per heavy atom. The summed E-state index contributed by atoms with van der Waals surface area (Å²) in [6.45, 7) is 7.63. The molecule has 0 N–H and O–H groups in total. The summed E-state index contributed by atoms with van der Waals surface area (Å²) in [5.41, 5.74) is -0.125. The molecule has 1 heterocycles. The smallest absolute Gasteiger partial charge is 0.337 e. The lowest BCUT2D eigenvalue weighted by Gasteiger charge is -2.23. The molecule has 2 atom stereocenters. The van der Waals surface area contributed by atoms with Gasteiger partial charge in [-0.2, -0.15) is 0 Å². The van der Waals surface area contributed by atoms with Crippen molar-refractivity contribution in [2.24, 2.45) is 5.41 Å². The molecule has 0 unspecified atom stereocenters. The van der Waals surface area contributed by atoms with E-state index < -0.39 is 6.10 Å². The summed E-state index contributed by atoms with van der Waals surface area (Å²) in [5.74, 6) is -0.259. The average Bonchev–Trinajstić information content (AvgIpc) is 2.11. The quantitative estimate of drug-likeness (QED) is 0.499. The Morgan fingerprint density at radius 2 is 1.91 bits per heavy atom. The number of carbonyl (C=O) groups excluding carboxylic acids is 1. The highest BCUT2D eigenvalue weighted by Gasteiger charge is 2.39. The van der Waals surface area contributed by atoms with Gasteiger partial charge in [0.2, 0.25) is 6.29 Å². The van der Waals surface area contributed by atoms with Crippen molar-refractivity contribution in [2.75, 3.05) is 0 Å². The van der Waals surface area contributed by atoms with E-state index in [2.05, 4.69) is 0 Å². The van der Waals surface area contributed by atoms with Crippen LogP contribution in [0.2, 0.25) is 0 Å². The number of hydrogen-bond acceptors (Lipinski definition) is 3. The van der Waals surface area contributed by atoms with Gasteiger partial charge in [0.15, 0.2) is 6.10 Å². The molecule has 0 aromatic carbocycles. The van der Waals surface area contributed by atoms with Gasteiger partial charge in [0.1, 0.15) is 0 Å². The van der Waals surface area contributed by atoms with Crippen molar-refractivity contribution in [3.05, 3.63) is 0 Å². The van der Waals surface area contributed by atoms with E-state index in [0.29, 0.717) is 0 Å². The molecule has 0 amide bonds. The minimum Gasteiger partial charge on any atom is -0.433 e. The molecule has 3 heteroatoms. The number of hydrogen-bond donors (Lipinski definition) is 0. The van der Waals surface area contributed by atoms with Crippen LogP contribution in [0, 0.1) is 5.41 Å². The van der Waals surface area contributed by atoms with E-state index in [1.165, 1.54) is 0 Å². The fraction of sp³-hybridized carbons (Fsp3) is 0.875. The second-order valence-corrected chi connectivity index (χ2v) is 3.91. The van der Waals surface area contributed by atoms with Crippen molar-refractivity contribution in [1.82, 2.24) is 0 Å². The van der Waals surface area contributed by atoms with Crippen molar-refractivity contribution in [1.29, 1.82) is 0 Å². The second kappa shape index (κ2) is 2.48. The van der Waals surface area contributed by atoms with Gasteiger partial charge in [-0.15, -0.1) is 0 Å². The van der Waals surface area contributed by atoms with Gasteiger partial charge in [0.05, 0.1) is 0 Å². The molecule has 0 aliphatic carbocycles. The average molecular weight is 158 g/mol. The maximum Gasteiger partial charge on any atom is 0.337 e. The van der Waals surface area contributed by atoms with E-state index in [4.69, 9.17) is 9.47 Å². The molecule has 1 aliphatic heterocycles. The van der Waals surface area contributed by atoms with Crippen LogP contribution in [0.3, 0.4) is 0 Å². The first-order chi connectivity index (χ1) is 4.91. The van der Waals surface area contributed by atoms with Crippen molar-refractivity contribution < 1.29 is 14.3 Å². The van der Waals surface area contributed by atoms with Crippen LogP contribution < -0.4 is 0 Å². The number of ether oxygens (including phenoxy) is 2. The van der Waals surface area contributed by atoms with E-state index in [0.717, 1.165) is 0 Å². The van der Waals surface area contributed by atoms with Crippen LogP contribution in [0.1, 0.15) is 27.7 Å². The Balaban J connectivity index is 2.61. The highest BCUT2D eigenvalue weighted by Crippen LogP contribution is 2.28. The van der Waals surface area contributed by atoms with Gasteiger partial charge in [-0.3, -0.25) is 0 Å². The molecule has 64 valence electrons. The van der Waals surface area contributed by atoms with Crippen LogP contribution in [0.15, 0.2) is 0 Å². The summed E-state index contributed by atoms with van der Waals surface area (Å²) < 4.78 is 10.2. The van der Waals surface area contributed by atoms with Crippen LogP contribution in [0.4, 0.5) is 0 Å². The molecule has 0 saturated carbocycles. The maximum atomic E-state index is 10.9. The molecule has 0 radical (unpaired) electrons. The number of rotatable bonds is 0. The lowest BCUT2D eigenvalue weighted by atomic mass is 9.96. The number of esters is 1. The standard InChI is InChI=1S/C8H14O3/c1-5-6(9)11-7(10-5)8(2,3)4/h5,7H,1-4H3/t5-,7-/m1/s1. The summed E-state index contributed by atoms with van der Waals surface area (Å²) in [5, 5.41) is 0. The van der Waals surface area contributed by atoms with Gasteiger partial charge in [-0.1, -0.05) is 20.8 Å². The first kappa shape index (κ1) is 8.53. The Bertz CT molecular complexity index is 169. The molecule has 1 fully saturated rings. The molecular formula is C8H14O3. The third-order valence-corrected chi connectivity index (χ3v) is 1.59. The van der Waals surface area contributed by atoms with Crippen LogP contribution >= 0.6 is 0 Å². The predicted octanol–water partition coefficient (Wildman–Crippen LogP) is 1.32. The molecule has 11 heavy (non-hydrogen) atoms. The maximum absolute atomic E-state index is 10.9. The molecular weight excluding hydrogens is 144 g/mol. The molecule has 0 aromatic heterocycles. The van der Waals surface area contributed by atoms with E-state index in [1.807, 2.05) is 20.8 Å². The van der Waals surface area contributed by atoms with Gasteiger partial charge in [-0.05, 0) is 6.92 Å². The Hall–Kier alpha value is -0.570. The zero-order valence-corrected chi connectivity index (χ0v) is 7.38. The largest absolute Gasteiger partial charge is 0.433 e. The van der Waals surface area contributed by atoms with Gasteiger partial charge in [-0.25, -0.2) is 4.79 Å². The first-order valence-corrected chi connectivity index (χ1v) is 3.77. The van der Waals surface area contributed by atoms with Crippen molar-refractivity contribution >= 4 is 5.97 Å². The first-order valence-electron chi connectivity index (χ1n) is 3.77. The fourth-order valence-corrected chi connectivity index (χ4v) is 0.851. The molecule has 3 nitrogen and oxygen atoms in total. The minimum atomic E-state index is -0.403. The molecule has 0 aromatic rings. The van der Waals surface area contributed by atoms with Gasteiger partial charge < -0.3 is 9.47 Å². The Kier molecular flexibility index (Phi) is 1.92. The highest BCUT2D eigenvalue weighted by molar-refractivity contribution is 5.75. The van der Waals surface area contributed by atoms with Crippen LogP contribution in [-0.4, -0.2) is 18.4 Å². The molecule has 0 bridgehead atoms. The van der Waals surface area contributed by atoms with E-state index >= 15 is 0 Å². The highest BCUT2D eigenvalue weighted by atomic mass is 16.8. The SMILES string of the molecule is C[C@H]1O[C@@H](C(C)(C)C)OC1=O. The zero-order chi connectivity index (χ0) is 8.65.